The number of nitrogens with zero attached hydrogens (tertiary/aromatic N) is 1. The highest BCUT2D eigenvalue weighted by molar-refractivity contribution is 8.27. The predicted octanol–water partition coefficient (Wildman–Crippen LogP) is 3.81. The molecule has 1 fully saturated rings. The second-order valence-corrected chi connectivity index (χ2v) is 7.16. The molecule has 2 aromatic carbocycles. The molecular weight excluding hydrogens is 386 g/mol. The molecule has 1 aliphatic heterocycles. The van der Waals surface area contributed by atoms with Crippen molar-refractivity contribution in [1.82, 2.24) is 0 Å². The number of carboxylic acids is 1. The molecule has 0 bridgehead atoms. The van der Waals surface area contributed by atoms with Gasteiger partial charge in [0.25, 0.3) is 5.91 Å². The number of thioether (sulfide) groups is 1. The fraction of sp³-hybridized carbons (Fsp3) is 0.105. The highest BCUT2D eigenvalue weighted by atomic mass is 32.2. The lowest BCUT2D eigenvalue weighted by atomic mass is 10.1. The number of anilines is 1. The van der Waals surface area contributed by atoms with Crippen LogP contribution in [0.2, 0.25) is 0 Å². The molecule has 27 heavy (non-hydrogen) atoms. The standard InChI is InChI=1S/C19H15NO5S2/c1-24-14-7-6-11(15(10-14)25-2)9-16-17(21)20(19(26)27-16)13-5-3-4-12(8-13)18(22)23/h3-10H,1-2H3,(H,22,23)/b16-9-. The summed E-state index contributed by atoms with van der Waals surface area (Å²) in [4.78, 5) is 25.8. The van der Waals surface area contributed by atoms with Crippen molar-refractivity contribution in [2.24, 2.45) is 0 Å². The number of benzene rings is 2. The average molecular weight is 401 g/mol. The first-order chi connectivity index (χ1) is 12.9. The molecule has 3 rings (SSSR count). The number of hydrogen-bond donors (Lipinski definition) is 1. The van der Waals surface area contributed by atoms with E-state index in [1.807, 2.05) is 0 Å². The van der Waals surface area contributed by atoms with E-state index in [0.717, 1.165) is 11.8 Å². The molecule has 8 heteroatoms. The minimum absolute atomic E-state index is 0.0855. The number of aromatic carboxylic acids is 1. The smallest absolute Gasteiger partial charge is 0.335 e. The van der Waals surface area contributed by atoms with Gasteiger partial charge in [-0.1, -0.05) is 30.0 Å². The Kier molecular flexibility index (Phi) is 5.48. The van der Waals surface area contributed by atoms with Crippen molar-refractivity contribution in [2.75, 3.05) is 19.1 Å². The predicted molar refractivity (Wildman–Crippen MR) is 109 cm³/mol. The number of carboxylic acid groups (broad SMARTS) is 1. The van der Waals surface area contributed by atoms with Gasteiger partial charge in [0.2, 0.25) is 0 Å². The number of hydrogen-bond acceptors (Lipinski definition) is 6. The maximum Gasteiger partial charge on any atom is 0.335 e. The SMILES string of the molecule is COc1ccc(/C=C2\SC(=S)N(c3cccc(C(=O)O)c3)C2=O)c(OC)c1. The Labute approximate surface area is 165 Å². The van der Waals surface area contributed by atoms with E-state index in [-0.39, 0.29) is 11.5 Å². The maximum absolute atomic E-state index is 12.9. The molecule has 1 aliphatic rings. The molecule has 1 amide bonds. The summed E-state index contributed by atoms with van der Waals surface area (Å²) in [5.74, 6) is -0.180. The summed E-state index contributed by atoms with van der Waals surface area (Å²) < 4.78 is 10.9. The zero-order valence-corrected chi connectivity index (χ0v) is 16.1. The summed E-state index contributed by atoms with van der Waals surface area (Å²) in [5.41, 5.74) is 1.21. The third-order valence-electron chi connectivity index (χ3n) is 3.87. The number of ether oxygens (including phenoxy) is 2. The third-order valence-corrected chi connectivity index (χ3v) is 5.17. The molecule has 0 saturated carbocycles. The number of carbonyl (C=O) groups is 2. The Morgan fingerprint density at radius 2 is 1.96 bits per heavy atom. The Balaban J connectivity index is 1.96. The van der Waals surface area contributed by atoms with Crippen LogP contribution < -0.4 is 14.4 Å². The van der Waals surface area contributed by atoms with Gasteiger partial charge in [-0.25, -0.2) is 4.79 Å². The first kappa shape index (κ1) is 18.9. The van der Waals surface area contributed by atoms with Crippen molar-refractivity contribution < 1.29 is 24.2 Å². The summed E-state index contributed by atoms with van der Waals surface area (Å²) in [6.07, 6.45) is 1.69. The van der Waals surface area contributed by atoms with Gasteiger partial charge in [-0.2, -0.15) is 0 Å². The van der Waals surface area contributed by atoms with Crippen LogP contribution in [-0.2, 0) is 4.79 Å². The monoisotopic (exact) mass is 401 g/mol. The van der Waals surface area contributed by atoms with Gasteiger partial charge >= 0.3 is 5.97 Å². The van der Waals surface area contributed by atoms with Gasteiger partial charge in [-0.3, -0.25) is 9.69 Å². The largest absolute Gasteiger partial charge is 0.497 e. The van der Waals surface area contributed by atoms with E-state index in [4.69, 9.17) is 26.8 Å². The maximum atomic E-state index is 12.9. The number of thiocarbonyl (C=S) groups is 1. The van der Waals surface area contributed by atoms with E-state index in [9.17, 15) is 9.59 Å². The number of rotatable bonds is 5. The van der Waals surface area contributed by atoms with Crippen molar-refractivity contribution in [3.05, 3.63) is 58.5 Å². The zero-order valence-electron chi connectivity index (χ0n) is 14.5. The van der Waals surface area contributed by atoms with Crippen LogP contribution in [0.4, 0.5) is 5.69 Å². The summed E-state index contributed by atoms with van der Waals surface area (Å²) in [6, 6.07) is 11.4. The number of amides is 1. The van der Waals surface area contributed by atoms with E-state index in [0.29, 0.717) is 32.0 Å². The van der Waals surface area contributed by atoms with Crippen molar-refractivity contribution in [1.29, 1.82) is 0 Å². The molecule has 0 unspecified atom stereocenters. The Hall–Kier alpha value is -2.84. The first-order valence-electron chi connectivity index (χ1n) is 7.78. The lowest BCUT2D eigenvalue weighted by Crippen LogP contribution is -2.27. The van der Waals surface area contributed by atoms with Gasteiger partial charge in [0.05, 0.1) is 30.4 Å². The fourth-order valence-corrected chi connectivity index (χ4v) is 3.84. The Morgan fingerprint density at radius 3 is 2.63 bits per heavy atom. The van der Waals surface area contributed by atoms with Crippen molar-refractivity contribution in [2.45, 2.75) is 0 Å². The van der Waals surface area contributed by atoms with Crippen molar-refractivity contribution in [3.8, 4) is 11.5 Å². The van der Waals surface area contributed by atoms with Crippen LogP contribution in [-0.4, -0.2) is 35.5 Å². The summed E-state index contributed by atoms with van der Waals surface area (Å²) in [5, 5.41) is 9.15. The quantitative estimate of drug-likeness (QED) is 0.603. The van der Waals surface area contributed by atoms with E-state index in [1.54, 1.807) is 43.5 Å². The van der Waals surface area contributed by atoms with Gasteiger partial charge in [0.1, 0.15) is 11.5 Å². The topological polar surface area (TPSA) is 76.1 Å². The van der Waals surface area contributed by atoms with Crippen molar-refractivity contribution >= 4 is 51.9 Å². The van der Waals surface area contributed by atoms with Crippen LogP contribution >= 0.6 is 24.0 Å². The minimum atomic E-state index is -1.07. The van der Waals surface area contributed by atoms with Gasteiger partial charge in [-0.15, -0.1) is 0 Å². The van der Waals surface area contributed by atoms with Gasteiger partial charge < -0.3 is 14.6 Å². The van der Waals surface area contributed by atoms with Crippen LogP contribution in [0.15, 0.2) is 47.4 Å². The molecular formula is C19H15NO5S2. The van der Waals surface area contributed by atoms with E-state index in [2.05, 4.69) is 0 Å². The van der Waals surface area contributed by atoms with Crippen LogP contribution in [0.5, 0.6) is 11.5 Å². The Morgan fingerprint density at radius 1 is 1.19 bits per heavy atom. The van der Waals surface area contributed by atoms with Crippen LogP contribution in [0.25, 0.3) is 6.08 Å². The molecule has 0 radical (unpaired) electrons. The fourth-order valence-electron chi connectivity index (χ4n) is 2.55. The molecule has 0 aliphatic carbocycles. The molecule has 0 aromatic heterocycles. The van der Waals surface area contributed by atoms with E-state index >= 15 is 0 Å². The third kappa shape index (κ3) is 3.81. The number of carbonyl (C=O) groups excluding carboxylic acids is 1. The summed E-state index contributed by atoms with van der Waals surface area (Å²) in [7, 11) is 3.10. The molecule has 1 heterocycles. The first-order valence-corrected chi connectivity index (χ1v) is 9.00. The molecule has 138 valence electrons. The highest BCUT2D eigenvalue weighted by Crippen LogP contribution is 2.37. The molecule has 1 saturated heterocycles. The normalized spacial score (nSPS) is 15.3. The molecule has 6 nitrogen and oxygen atoms in total. The molecule has 0 spiro atoms. The second kappa shape index (κ2) is 7.81. The molecule has 2 aromatic rings. The summed E-state index contributed by atoms with van der Waals surface area (Å²) >= 11 is 6.48. The van der Waals surface area contributed by atoms with Gasteiger partial charge in [0.15, 0.2) is 4.32 Å². The lowest BCUT2D eigenvalue weighted by Gasteiger charge is -2.14. The van der Waals surface area contributed by atoms with E-state index in [1.165, 1.54) is 24.1 Å². The Bertz CT molecular complexity index is 970. The zero-order chi connectivity index (χ0) is 19.6. The van der Waals surface area contributed by atoms with Crippen LogP contribution in [0.1, 0.15) is 15.9 Å². The minimum Gasteiger partial charge on any atom is -0.497 e. The van der Waals surface area contributed by atoms with E-state index < -0.39 is 5.97 Å². The molecule has 1 N–H and O–H groups in total. The molecule has 0 atom stereocenters. The van der Waals surface area contributed by atoms with Crippen molar-refractivity contribution in [3.63, 3.8) is 0 Å². The lowest BCUT2D eigenvalue weighted by molar-refractivity contribution is -0.113. The second-order valence-electron chi connectivity index (χ2n) is 5.48. The number of methoxy groups -OCH3 is 2. The summed E-state index contributed by atoms with van der Waals surface area (Å²) in [6.45, 7) is 0. The van der Waals surface area contributed by atoms with Gasteiger partial charge in [0, 0.05) is 11.6 Å². The average Bonchev–Trinajstić information content (AvgIpc) is 2.95. The van der Waals surface area contributed by atoms with Crippen LogP contribution in [0.3, 0.4) is 0 Å². The highest BCUT2D eigenvalue weighted by Gasteiger charge is 2.33. The van der Waals surface area contributed by atoms with Gasteiger partial charge in [-0.05, 0) is 36.4 Å². The van der Waals surface area contributed by atoms with Crippen LogP contribution in [0, 0.1) is 0 Å².